The van der Waals surface area contributed by atoms with Crippen LogP contribution in [0.4, 0.5) is 9.59 Å². The van der Waals surface area contributed by atoms with Gasteiger partial charge in [0, 0.05) is 24.2 Å². The van der Waals surface area contributed by atoms with Crippen LogP contribution in [0.25, 0.3) is 56.2 Å². The fourth-order valence-corrected chi connectivity index (χ4v) is 10.2. The number of carbonyl (C=O) groups is 4. The molecule has 0 saturated carbocycles. The maximum absolute atomic E-state index is 14.4. The summed E-state index contributed by atoms with van der Waals surface area (Å²) in [6.45, 7) is 8.20. The van der Waals surface area contributed by atoms with Gasteiger partial charge in [0.25, 0.3) is 0 Å². The average Bonchev–Trinajstić information content (AvgIpc) is 4.32. The fraction of sp³-hybridized carbons (Fsp3) is 0.321. The summed E-state index contributed by atoms with van der Waals surface area (Å²) < 4.78 is 13.4. The number of carbonyl (C=O) groups excluding carboxylic acids is 4. The van der Waals surface area contributed by atoms with Crippen molar-refractivity contribution in [2.75, 3.05) is 27.3 Å². The van der Waals surface area contributed by atoms with Gasteiger partial charge in [-0.1, -0.05) is 147 Å². The molecule has 0 spiro atoms. The van der Waals surface area contributed by atoms with Crippen LogP contribution >= 0.6 is 0 Å². The van der Waals surface area contributed by atoms with Crippen LogP contribution in [0.3, 0.4) is 0 Å². The lowest BCUT2D eigenvalue weighted by atomic mass is 10.0. The summed E-state index contributed by atoms with van der Waals surface area (Å²) in [5.74, 6) is 0.317. The average molecular weight is 1030 g/mol. The first kappa shape index (κ1) is 50.6. The number of alkyl carbamates (subject to hydrolysis) is 2. The van der Waals surface area contributed by atoms with E-state index < -0.39 is 36.4 Å². The van der Waals surface area contributed by atoms with E-state index in [1.165, 1.54) is 14.2 Å². The molecule has 2 aliphatic heterocycles. The van der Waals surface area contributed by atoms with Crippen molar-refractivity contribution in [3.8, 4) is 56.2 Å². The monoisotopic (exact) mass is 1020 g/mol. The van der Waals surface area contributed by atoms with Crippen molar-refractivity contribution in [1.29, 1.82) is 0 Å². The van der Waals surface area contributed by atoms with Crippen LogP contribution in [0.1, 0.15) is 76.4 Å². The van der Waals surface area contributed by atoms with E-state index in [0.29, 0.717) is 37.6 Å². The molecule has 20 heteroatoms. The molecular weight excluding hydrogens is 965 g/mol. The molecule has 390 valence electrons. The second kappa shape index (κ2) is 21.9. The summed E-state index contributed by atoms with van der Waals surface area (Å²) in [4.78, 5) is 73.7. The highest BCUT2D eigenvalue weighted by Gasteiger charge is 2.44. The Morgan fingerprint density at radius 2 is 0.895 bits per heavy atom. The minimum atomic E-state index is -0.825. The molecule has 4 amide bonds. The molecule has 6 atom stereocenters. The molecule has 0 bridgehead atoms. The highest BCUT2D eigenvalue weighted by molar-refractivity contribution is 5.87. The van der Waals surface area contributed by atoms with Crippen molar-refractivity contribution in [2.24, 2.45) is 11.8 Å². The number of likely N-dealkylation sites (tertiary alicyclic amines) is 2. The van der Waals surface area contributed by atoms with Gasteiger partial charge in [0.05, 0.1) is 74.6 Å². The number of nitrogens with one attached hydrogen (secondary N) is 4. The molecule has 20 nitrogen and oxygen atoms in total. The van der Waals surface area contributed by atoms with Gasteiger partial charge in [0.2, 0.25) is 11.8 Å². The molecule has 0 radical (unpaired) electrons. The largest absolute Gasteiger partial charge is 0.453 e. The maximum atomic E-state index is 14.4. The Kier molecular flexibility index (Phi) is 14.6. The number of hydrogen-bond donors (Lipinski definition) is 4. The normalized spacial score (nSPS) is 18.2. The van der Waals surface area contributed by atoms with Gasteiger partial charge in [-0.15, -0.1) is 10.2 Å². The van der Waals surface area contributed by atoms with Gasteiger partial charge in [-0.25, -0.2) is 28.9 Å². The van der Waals surface area contributed by atoms with E-state index in [9.17, 15) is 19.2 Å². The van der Waals surface area contributed by atoms with Gasteiger partial charge >= 0.3 is 12.2 Å². The molecule has 8 aromatic rings. The quantitative estimate of drug-likeness (QED) is 0.0757. The van der Waals surface area contributed by atoms with Gasteiger partial charge in [-0.05, 0) is 46.9 Å². The van der Waals surface area contributed by atoms with Crippen LogP contribution in [0, 0.1) is 11.8 Å². The first-order chi connectivity index (χ1) is 36.8. The number of H-pyrrole nitrogens is 2. The highest BCUT2D eigenvalue weighted by atomic mass is 16.5. The van der Waals surface area contributed by atoms with Crippen molar-refractivity contribution in [3.63, 3.8) is 0 Å². The number of imidazole rings is 2. The van der Waals surface area contributed by atoms with E-state index in [1.54, 1.807) is 22.2 Å². The number of methoxy groups -OCH3 is 2. The lowest BCUT2D eigenvalue weighted by molar-refractivity contribution is -0.136. The van der Waals surface area contributed by atoms with Crippen molar-refractivity contribution in [1.82, 2.24) is 70.4 Å². The summed E-state index contributed by atoms with van der Waals surface area (Å²) in [6.07, 6.45) is 7.04. The lowest BCUT2D eigenvalue weighted by Gasteiger charge is -2.29. The summed E-state index contributed by atoms with van der Waals surface area (Å²) in [5, 5.41) is 23.3. The Balaban J connectivity index is 0.852. The van der Waals surface area contributed by atoms with Gasteiger partial charge in [0.1, 0.15) is 35.1 Å². The van der Waals surface area contributed by atoms with Crippen LogP contribution in [0.2, 0.25) is 0 Å². The number of amides is 4. The summed E-state index contributed by atoms with van der Waals surface area (Å²) in [6, 6.07) is 33.0. The van der Waals surface area contributed by atoms with E-state index in [-0.39, 0.29) is 35.7 Å². The number of aromatic nitrogens is 10. The Morgan fingerprint density at radius 1 is 0.526 bits per heavy atom. The molecule has 4 N–H and O–H groups in total. The molecule has 4 aromatic carbocycles. The minimum Gasteiger partial charge on any atom is -0.453 e. The summed E-state index contributed by atoms with van der Waals surface area (Å²) in [5.41, 5.74) is 8.75. The van der Waals surface area contributed by atoms with Crippen LogP contribution in [-0.2, 0) is 19.1 Å². The third kappa shape index (κ3) is 10.6. The molecule has 10 rings (SSSR count). The van der Waals surface area contributed by atoms with Crippen molar-refractivity contribution < 1.29 is 28.7 Å². The van der Waals surface area contributed by atoms with Crippen LogP contribution in [-0.4, -0.2) is 123 Å². The second-order valence-electron chi connectivity index (χ2n) is 19.9. The fourth-order valence-electron chi connectivity index (χ4n) is 10.2. The van der Waals surface area contributed by atoms with Gasteiger partial charge in [-0.2, -0.15) is 0 Å². The van der Waals surface area contributed by atoms with E-state index in [2.05, 4.69) is 65.5 Å². The number of ether oxygens (including phenoxy) is 2. The highest BCUT2D eigenvalue weighted by Crippen LogP contribution is 2.41. The predicted octanol–water partition coefficient (Wildman–Crippen LogP) is 8.44. The smallest absolute Gasteiger partial charge is 0.407 e. The zero-order valence-electron chi connectivity index (χ0n) is 43.1. The topological polar surface area (TPSA) is 236 Å². The Bertz CT molecular complexity index is 3080. The van der Waals surface area contributed by atoms with Gasteiger partial charge in [0.15, 0.2) is 0 Å². The van der Waals surface area contributed by atoms with E-state index in [1.807, 2.05) is 134 Å². The standard InChI is InChI=1S/C56H60N14O6/c1-33(2)49(61-55(73)75-5)53(71)67-29-41(69-31-45(63-65-69)37-13-9-7-10-14-37)25-47(67)51-57-27-43(59-51)39-21-17-35(18-22-39)36-19-23-40(24-20-36)44-28-58-52(60-44)48-26-42(70-32-46(64-66-70)38-15-11-8-12-16-38)30-68(48)54(72)50(34(3)4)62-56(74)76-6/h7-24,27-28,31-34,41-42,47-50H,25-26,29-30H2,1-6H3,(H,57,59)(H,58,60)(H,61,73)(H,62,74)/t41-,42-,47+,48+,49+,50+/m1/s1. The molecular formula is C56H60N14O6. The Morgan fingerprint density at radius 3 is 1.25 bits per heavy atom. The van der Waals surface area contributed by atoms with E-state index >= 15 is 0 Å². The molecule has 4 aromatic heterocycles. The molecule has 76 heavy (non-hydrogen) atoms. The third-order valence-electron chi connectivity index (χ3n) is 14.4. The maximum Gasteiger partial charge on any atom is 0.407 e. The summed E-state index contributed by atoms with van der Waals surface area (Å²) >= 11 is 0. The number of nitrogens with zero attached hydrogens (tertiary/aromatic N) is 10. The number of benzene rings is 4. The SMILES string of the molecule is COC(=O)N[C@H](C(=O)N1C[C@H](n2cc(-c3ccccc3)nn2)C[C@H]1c1ncc(-c2ccc(-c3ccc(-c4cnc([C@@H]5C[C@@H](n6cc(-c7ccccc7)nn6)CN5C(=O)[C@@H](NC(=O)OC)C(C)C)[nH]4)cc3)cc2)[nH]1)C(C)C. The number of hydrogen-bond acceptors (Lipinski definition) is 12. The number of rotatable bonds is 15. The number of aromatic amines is 2. The Hall–Kier alpha value is -8.94. The molecule has 0 unspecified atom stereocenters. The third-order valence-corrected chi connectivity index (χ3v) is 14.4. The van der Waals surface area contributed by atoms with E-state index in [4.69, 9.17) is 19.4 Å². The lowest BCUT2D eigenvalue weighted by Crippen LogP contribution is -2.51. The van der Waals surface area contributed by atoms with Gasteiger partial charge < -0.3 is 39.9 Å². The second-order valence-corrected chi connectivity index (χ2v) is 19.9. The summed E-state index contributed by atoms with van der Waals surface area (Å²) in [7, 11) is 2.56. The zero-order chi connectivity index (χ0) is 53.0. The zero-order valence-corrected chi connectivity index (χ0v) is 43.1. The first-order valence-corrected chi connectivity index (χ1v) is 25.4. The molecule has 2 fully saturated rings. The van der Waals surface area contributed by atoms with Crippen molar-refractivity contribution in [3.05, 3.63) is 146 Å². The van der Waals surface area contributed by atoms with Crippen LogP contribution < -0.4 is 10.6 Å². The molecule has 2 aliphatic rings. The molecule has 6 heterocycles. The minimum absolute atomic E-state index is 0.206. The van der Waals surface area contributed by atoms with Crippen LogP contribution in [0.5, 0.6) is 0 Å². The predicted molar refractivity (Wildman–Crippen MR) is 283 cm³/mol. The van der Waals surface area contributed by atoms with Crippen LogP contribution in [0.15, 0.2) is 134 Å². The van der Waals surface area contributed by atoms with E-state index in [0.717, 1.165) is 56.2 Å². The molecule has 2 saturated heterocycles. The Labute approximate surface area is 439 Å². The first-order valence-electron chi connectivity index (χ1n) is 25.4. The van der Waals surface area contributed by atoms with Crippen molar-refractivity contribution in [2.45, 2.75) is 76.8 Å². The van der Waals surface area contributed by atoms with Gasteiger partial charge in [-0.3, -0.25) is 9.59 Å². The van der Waals surface area contributed by atoms with Crippen molar-refractivity contribution >= 4 is 24.0 Å². The molecule has 0 aliphatic carbocycles.